The van der Waals surface area contributed by atoms with E-state index in [9.17, 15) is 8.42 Å². The van der Waals surface area contributed by atoms with Crippen LogP contribution in [-0.2, 0) is 19.5 Å². The van der Waals surface area contributed by atoms with E-state index in [2.05, 4.69) is 39.1 Å². The van der Waals surface area contributed by atoms with Gasteiger partial charge in [0.2, 0.25) is 10.0 Å². The first-order chi connectivity index (χ1) is 13.9. The van der Waals surface area contributed by atoms with E-state index in [-0.39, 0.29) is 11.9 Å². The van der Waals surface area contributed by atoms with Crippen molar-refractivity contribution >= 4 is 16.0 Å². The van der Waals surface area contributed by atoms with Crippen molar-refractivity contribution in [3.63, 3.8) is 0 Å². The highest BCUT2D eigenvalue weighted by atomic mass is 32.2. The average molecular weight is 434 g/mol. The van der Waals surface area contributed by atoms with Crippen LogP contribution in [0.15, 0.2) is 4.99 Å². The molecule has 2 saturated heterocycles. The fraction of sp³-hybridized carbons (Fsp3) is 0.947. The van der Waals surface area contributed by atoms with Crippen molar-refractivity contribution in [2.45, 2.75) is 45.3 Å². The van der Waals surface area contributed by atoms with E-state index in [0.29, 0.717) is 31.0 Å². The van der Waals surface area contributed by atoms with E-state index in [1.807, 2.05) is 0 Å². The number of aliphatic imine (C=N–C) groups is 1. The maximum absolute atomic E-state index is 12.2. The number of nitrogens with zero attached hydrogens (tertiary/aromatic N) is 2. The van der Waals surface area contributed by atoms with Gasteiger partial charge in [0, 0.05) is 52.4 Å². The summed E-state index contributed by atoms with van der Waals surface area (Å²) in [5.41, 5.74) is 0. The number of ether oxygens (including phenoxy) is 2. The molecule has 0 aromatic rings. The molecule has 2 atom stereocenters. The smallest absolute Gasteiger partial charge is 0.213 e. The van der Waals surface area contributed by atoms with Crippen molar-refractivity contribution < 1.29 is 17.9 Å². The van der Waals surface area contributed by atoms with E-state index in [4.69, 9.17) is 9.47 Å². The molecule has 2 fully saturated rings. The largest absolute Gasteiger partial charge is 0.379 e. The second-order valence-electron chi connectivity index (χ2n) is 8.00. The molecule has 0 amide bonds. The van der Waals surface area contributed by atoms with E-state index in [0.717, 1.165) is 58.7 Å². The van der Waals surface area contributed by atoms with Gasteiger partial charge in [0.25, 0.3) is 0 Å². The van der Waals surface area contributed by atoms with Crippen molar-refractivity contribution in [2.24, 2.45) is 10.9 Å². The number of guanidine groups is 1. The van der Waals surface area contributed by atoms with Crippen molar-refractivity contribution in [3.05, 3.63) is 0 Å². The van der Waals surface area contributed by atoms with Crippen LogP contribution in [0.2, 0.25) is 0 Å². The fourth-order valence-corrected chi connectivity index (χ4v) is 4.64. The van der Waals surface area contributed by atoms with Crippen molar-refractivity contribution in [1.29, 1.82) is 0 Å². The van der Waals surface area contributed by atoms with Gasteiger partial charge in [-0.05, 0) is 25.2 Å². The normalized spacial score (nSPS) is 23.2. The molecule has 2 aliphatic heterocycles. The summed E-state index contributed by atoms with van der Waals surface area (Å²) in [6, 6.07) is 0.373. The van der Waals surface area contributed by atoms with Gasteiger partial charge < -0.3 is 20.1 Å². The SMILES string of the molecule is CN=C(NCCS(=O)(=O)NCC1CCCCO1)NCC(C(C)C)N1CCOCC1. The molecule has 10 heteroatoms. The summed E-state index contributed by atoms with van der Waals surface area (Å²) in [6.45, 7) is 9.96. The molecule has 2 unspecified atom stereocenters. The molecule has 2 heterocycles. The third-order valence-electron chi connectivity index (χ3n) is 5.45. The molecular weight excluding hydrogens is 394 g/mol. The monoisotopic (exact) mass is 433 g/mol. The van der Waals surface area contributed by atoms with Gasteiger partial charge in [-0.25, -0.2) is 13.1 Å². The summed E-state index contributed by atoms with van der Waals surface area (Å²) in [4.78, 5) is 6.66. The second-order valence-corrected chi connectivity index (χ2v) is 9.92. The minimum absolute atomic E-state index is 0.00249. The Labute approximate surface area is 176 Å². The van der Waals surface area contributed by atoms with E-state index < -0.39 is 10.0 Å². The first-order valence-corrected chi connectivity index (χ1v) is 12.4. The maximum Gasteiger partial charge on any atom is 0.213 e. The van der Waals surface area contributed by atoms with Crippen molar-refractivity contribution in [2.75, 3.05) is 65.3 Å². The fourth-order valence-electron chi connectivity index (χ4n) is 3.68. The summed E-state index contributed by atoms with van der Waals surface area (Å²) in [6.07, 6.45) is 3.06. The Hall–Kier alpha value is -0.940. The highest BCUT2D eigenvalue weighted by Crippen LogP contribution is 2.13. The minimum atomic E-state index is -3.34. The van der Waals surface area contributed by atoms with Crippen LogP contribution in [0.3, 0.4) is 0 Å². The standard InChI is InChI=1S/C19H39N5O4S/c1-16(2)18(24-8-11-27-12-9-24)15-22-19(20-3)21-7-13-29(25,26)23-14-17-6-4-5-10-28-17/h16-18,23H,4-15H2,1-3H3,(H2,20,21,22). The number of nitrogens with one attached hydrogen (secondary N) is 3. The van der Waals surface area contributed by atoms with E-state index in [1.165, 1.54) is 0 Å². The quantitative estimate of drug-likeness (QED) is 0.329. The summed E-state index contributed by atoms with van der Waals surface area (Å²) in [7, 11) is -1.65. The van der Waals surface area contributed by atoms with Crippen LogP contribution in [0.5, 0.6) is 0 Å². The predicted octanol–water partition coefficient (Wildman–Crippen LogP) is -0.00330. The molecular formula is C19H39N5O4S. The number of sulfonamides is 1. The molecule has 9 nitrogen and oxygen atoms in total. The molecule has 0 saturated carbocycles. The van der Waals surface area contributed by atoms with Crippen LogP contribution in [0, 0.1) is 5.92 Å². The molecule has 3 N–H and O–H groups in total. The summed E-state index contributed by atoms with van der Waals surface area (Å²) < 4.78 is 38.1. The third kappa shape index (κ3) is 9.17. The highest BCUT2D eigenvalue weighted by molar-refractivity contribution is 7.89. The van der Waals surface area contributed by atoms with Crippen molar-refractivity contribution in [1.82, 2.24) is 20.3 Å². The van der Waals surface area contributed by atoms with Gasteiger partial charge in [-0.1, -0.05) is 13.8 Å². The number of morpholine rings is 1. The molecule has 0 aromatic heterocycles. The van der Waals surface area contributed by atoms with Crippen LogP contribution in [0.1, 0.15) is 33.1 Å². The molecule has 2 rings (SSSR count). The topological polar surface area (TPSA) is 104 Å². The van der Waals surface area contributed by atoms with Crippen LogP contribution >= 0.6 is 0 Å². The third-order valence-corrected chi connectivity index (χ3v) is 6.80. The van der Waals surface area contributed by atoms with Crippen molar-refractivity contribution in [3.8, 4) is 0 Å². The summed E-state index contributed by atoms with van der Waals surface area (Å²) in [5.74, 6) is 1.11. The molecule has 0 bridgehead atoms. The van der Waals surface area contributed by atoms with Gasteiger partial charge in [-0.15, -0.1) is 0 Å². The Bertz CT molecular complexity index is 587. The molecule has 2 aliphatic rings. The molecule has 0 aromatic carbocycles. The number of rotatable bonds is 10. The first kappa shape index (κ1) is 24.3. The van der Waals surface area contributed by atoms with Gasteiger partial charge in [-0.2, -0.15) is 0 Å². The minimum Gasteiger partial charge on any atom is -0.379 e. The first-order valence-electron chi connectivity index (χ1n) is 10.8. The number of hydrogen-bond acceptors (Lipinski definition) is 6. The zero-order valence-corrected chi connectivity index (χ0v) is 19.0. The lowest BCUT2D eigenvalue weighted by Crippen LogP contribution is -2.53. The predicted molar refractivity (Wildman–Crippen MR) is 116 cm³/mol. The molecule has 0 aliphatic carbocycles. The zero-order chi connectivity index (χ0) is 21.1. The van der Waals surface area contributed by atoms with Gasteiger partial charge in [0.05, 0.1) is 25.1 Å². The van der Waals surface area contributed by atoms with Crippen LogP contribution in [-0.4, -0.2) is 96.8 Å². The summed E-state index contributed by atoms with van der Waals surface area (Å²) >= 11 is 0. The van der Waals surface area contributed by atoms with E-state index in [1.54, 1.807) is 7.05 Å². The van der Waals surface area contributed by atoms with Gasteiger partial charge >= 0.3 is 0 Å². The summed E-state index contributed by atoms with van der Waals surface area (Å²) in [5, 5.41) is 6.45. The molecule has 170 valence electrons. The maximum atomic E-state index is 12.2. The lowest BCUT2D eigenvalue weighted by molar-refractivity contribution is 0.00752. The average Bonchev–Trinajstić information content (AvgIpc) is 2.72. The molecule has 0 spiro atoms. The Morgan fingerprint density at radius 2 is 1.93 bits per heavy atom. The van der Waals surface area contributed by atoms with Gasteiger partial charge in [0.15, 0.2) is 5.96 Å². The lowest BCUT2D eigenvalue weighted by Gasteiger charge is -2.37. The number of hydrogen-bond donors (Lipinski definition) is 3. The van der Waals surface area contributed by atoms with E-state index >= 15 is 0 Å². The van der Waals surface area contributed by atoms with Gasteiger partial charge in [0.1, 0.15) is 0 Å². The highest BCUT2D eigenvalue weighted by Gasteiger charge is 2.24. The van der Waals surface area contributed by atoms with Gasteiger partial charge in [-0.3, -0.25) is 9.89 Å². The molecule has 0 radical (unpaired) electrons. The Morgan fingerprint density at radius 1 is 1.17 bits per heavy atom. The Morgan fingerprint density at radius 3 is 2.55 bits per heavy atom. The Kier molecular flexibility index (Phi) is 10.6. The van der Waals surface area contributed by atoms with Crippen LogP contribution < -0.4 is 15.4 Å². The van der Waals surface area contributed by atoms with Crippen LogP contribution in [0.4, 0.5) is 0 Å². The zero-order valence-electron chi connectivity index (χ0n) is 18.2. The van der Waals surface area contributed by atoms with Crippen LogP contribution in [0.25, 0.3) is 0 Å². The second kappa shape index (κ2) is 12.7. The molecule has 29 heavy (non-hydrogen) atoms. The lowest BCUT2D eigenvalue weighted by atomic mass is 10.0. The Balaban J connectivity index is 1.70.